The highest BCUT2D eigenvalue weighted by atomic mass is 15.1. The Morgan fingerprint density at radius 1 is 1.08 bits per heavy atom. The van der Waals surface area contributed by atoms with Gasteiger partial charge in [0.15, 0.2) is 0 Å². The lowest BCUT2D eigenvalue weighted by atomic mass is 10.2. The van der Waals surface area contributed by atoms with Crippen LogP contribution in [0, 0.1) is 5.92 Å². The molecule has 0 spiro atoms. The molecule has 1 nitrogen and oxygen atoms in total. The second-order valence-corrected chi connectivity index (χ2v) is 3.19. The molecule has 0 radical (unpaired) electrons. The molecule has 0 saturated heterocycles. The molecule has 13 heavy (non-hydrogen) atoms. The zero-order valence-corrected chi connectivity index (χ0v) is 9.71. The van der Waals surface area contributed by atoms with Gasteiger partial charge >= 0.3 is 0 Å². The molecule has 0 rings (SSSR count). The van der Waals surface area contributed by atoms with Crippen molar-refractivity contribution in [1.29, 1.82) is 0 Å². The quantitative estimate of drug-likeness (QED) is 0.571. The van der Waals surface area contributed by atoms with Crippen molar-refractivity contribution < 1.29 is 0 Å². The summed E-state index contributed by atoms with van der Waals surface area (Å²) < 4.78 is 0. The Morgan fingerprint density at radius 2 is 1.46 bits per heavy atom. The first-order valence-electron chi connectivity index (χ1n) is 5.14. The molecule has 0 amide bonds. The van der Waals surface area contributed by atoms with Crippen LogP contribution in [0.2, 0.25) is 0 Å². The van der Waals surface area contributed by atoms with Gasteiger partial charge in [-0.1, -0.05) is 39.8 Å². The van der Waals surface area contributed by atoms with Crippen molar-refractivity contribution in [2.45, 2.75) is 27.7 Å². The van der Waals surface area contributed by atoms with Crippen molar-refractivity contribution in [2.75, 3.05) is 19.6 Å². The third-order valence-corrected chi connectivity index (χ3v) is 1.40. The van der Waals surface area contributed by atoms with Crippen molar-refractivity contribution in [3.63, 3.8) is 0 Å². The van der Waals surface area contributed by atoms with E-state index in [2.05, 4.69) is 31.9 Å². The van der Waals surface area contributed by atoms with E-state index in [1.54, 1.807) is 0 Å². The van der Waals surface area contributed by atoms with Crippen molar-refractivity contribution in [2.24, 2.45) is 5.92 Å². The van der Waals surface area contributed by atoms with Crippen LogP contribution in [0.25, 0.3) is 0 Å². The minimum Gasteiger partial charge on any atom is -0.296 e. The Balaban J connectivity index is 0. The van der Waals surface area contributed by atoms with Crippen LogP contribution in [0.4, 0.5) is 0 Å². The van der Waals surface area contributed by atoms with E-state index in [0.717, 1.165) is 25.6 Å². The monoisotopic (exact) mass is 183 g/mol. The molecule has 0 N–H and O–H groups in total. The second-order valence-electron chi connectivity index (χ2n) is 3.19. The van der Waals surface area contributed by atoms with E-state index in [1.807, 2.05) is 26.0 Å². The number of rotatable bonds is 6. The zero-order valence-electron chi connectivity index (χ0n) is 9.71. The molecule has 78 valence electrons. The summed E-state index contributed by atoms with van der Waals surface area (Å²) in [6.07, 6.45) is 3.87. The van der Waals surface area contributed by atoms with Crippen LogP contribution >= 0.6 is 0 Å². The summed E-state index contributed by atoms with van der Waals surface area (Å²) in [5, 5.41) is 0. The minimum atomic E-state index is 0.717. The molecule has 0 aromatic carbocycles. The van der Waals surface area contributed by atoms with E-state index in [-0.39, 0.29) is 0 Å². The molecule has 0 atom stereocenters. The van der Waals surface area contributed by atoms with Crippen LogP contribution in [0.3, 0.4) is 0 Å². The first-order chi connectivity index (χ1) is 6.20. The van der Waals surface area contributed by atoms with Gasteiger partial charge in [-0.25, -0.2) is 0 Å². The lowest BCUT2D eigenvalue weighted by molar-refractivity contribution is 0.295. The van der Waals surface area contributed by atoms with Gasteiger partial charge in [0, 0.05) is 19.6 Å². The number of nitrogens with zero attached hydrogens (tertiary/aromatic N) is 1. The molecule has 0 unspecified atom stereocenters. The molecular weight excluding hydrogens is 158 g/mol. The van der Waals surface area contributed by atoms with Gasteiger partial charge in [0.25, 0.3) is 0 Å². The van der Waals surface area contributed by atoms with Crippen molar-refractivity contribution in [3.05, 3.63) is 25.3 Å². The first-order valence-corrected chi connectivity index (χ1v) is 5.14. The Bertz CT molecular complexity index is 106. The summed E-state index contributed by atoms with van der Waals surface area (Å²) in [5.74, 6) is 0.717. The van der Waals surface area contributed by atoms with E-state index in [0.29, 0.717) is 0 Å². The fourth-order valence-electron chi connectivity index (χ4n) is 1.11. The molecule has 0 aromatic rings. The fraction of sp³-hybridized carbons (Fsp3) is 0.667. The molecule has 1 heteroatoms. The van der Waals surface area contributed by atoms with Crippen LogP contribution in [-0.4, -0.2) is 24.5 Å². The molecule has 0 aliphatic carbocycles. The predicted molar refractivity (Wildman–Crippen MR) is 63.0 cm³/mol. The first kappa shape index (κ1) is 14.9. The molecule has 0 heterocycles. The molecular formula is C12H25N. The normalized spacial score (nSPS) is 9.38. The number of hydrogen-bond acceptors (Lipinski definition) is 1. The largest absolute Gasteiger partial charge is 0.296 e. The lowest BCUT2D eigenvalue weighted by Gasteiger charge is -2.20. The van der Waals surface area contributed by atoms with Crippen molar-refractivity contribution in [3.8, 4) is 0 Å². The summed E-state index contributed by atoms with van der Waals surface area (Å²) in [5.41, 5.74) is 0. The minimum absolute atomic E-state index is 0.717. The van der Waals surface area contributed by atoms with Crippen LogP contribution in [-0.2, 0) is 0 Å². The van der Waals surface area contributed by atoms with Gasteiger partial charge < -0.3 is 0 Å². The Morgan fingerprint density at radius 3 is 1.69 bits per heavy atom. The number of hydrogen-bond donors (Lipinski definition) is 0. The lowest BCUT2D eigenvalue weighted by Crippen LogP contribution is -2.27. The average molecular weight is 183 g/mol. The highest BCUT2D eigenvalue weighted by molar-refractivity contribution is 4.79. The standard InChI is InChI=1S/C10H19N.C2H6/c1-5-7-11(8-6-2)9-10(3)4;1-2/h5-6,10H,1-2,7-9H2,3-4H3;1-2H3. The zero-order chi connectivity index (χ0) is 10.7. The van der Waals surface area contributed by atoms with Gasteiger partial charge in [-0.15, -0.1) is 13.2 Å². The molecule has 0 aliphatic rings. The third-order valence-electron chi connectivity index (χ3n) is 1.40. The third kappa shape index (κ3) is 11.4. The van der Waals surface area contributed by atoms with E-state index in [1.165, 1.54) is 0 Å². The Labute approximate surface area is 84.1 Å². The summed E-state index contributed by atoms with van der Waals surface area (Å²) in [6.45, 7) is 18.9. The maximum absolute atomic E-state index is 3.71. The van der Waals surface area contributed by atoms with Crippen LogP contribution in [0.15, 0.2) is 25.3 Å². The van der Waals surface area contributed by atoms with Gasteiger partial charge in [-0.2, -0.15) is 0 Å². The summed E-state index contributed by atoms with van der Waals surface area (Å²) in [4.78, 5) is 2.32. The van der Waals surface area contributed by atoms with Gasteiger partial charge in [-0.3, -0.25) is 4.90 Å². The Hall–Kier alpha value is -0.560. The van der Waals surface area contributed by atoms with E-state index < -0.39 is 0 Å². The van der Waals surface area contributed by atoms with E-state index in [9.17, 15) is 0 Å². The van der Waals surface area contributed by atoms with Gasteiger partial charge in [0.2, 0.25) is 0 Å². The summed E-state index contributed by atoms with van der Waals surface area (Å²) in [7, 11) is 0. The van der Waals surface area contributed by atoms with E-state index >= 15 is 0 Å². The smallest absolute Gasteiger partial charge is 0.0164 e. The molecule has 0 fully saturated rings. The van der Waals surface area contributed by atoms with Crippen LogP contribution in [0.1, 0.15) is 27.7 Å². The topological polar surface area (TPSA) is 3.24 Å². The summed E-state index contributed by atoms with van der Waals surface area (Å²) >= 11 is 0. The van der Waals surface area contributed by atoms with Gasteiger partial charge in [0.1, 0.15) is 0 Å². The highest BCUT2D eigenvalue weighted by Gasteiger charge is 2.01. The highest BCUT2D eigenvalue weighted by Crippen LogP contribution is 1.97. The van der Waals surface area contributed by atoms with Gasteiger partial charge in [0.05, 0.1) is 0 Å². The SMILES string of the molecule is C=CCN(CC=C)CC(C)C.CC. The molecule has 0 aromatic heterocycles. The molecule has 0 saturated carbocycles. The Kier molecular flexibility index (Phi) is 13.1. The molecule has 0 bridgehead atoms. The van der Waals surface area contributed by atoms with Crippen LogP contribution in [0.5, 0.6) is 0 Å². The average Bonchev–Trinajstić information content (AvgIpc) is 2.08. The second kappa shape index (κ2) is 11.4. The molecule has 0 aliphatic heterocycles. The fourth-order valence-corrected chi connectivity index (χ4v) is 1.11. The van der Waals surface area contributed by atoms with E-state index in [4.69, 9.17) is 0 Å². The van der Waals surface area contributed by atoms with Crippen molar-refractivity contribution >= 4 is 0 Å². The van der Waals surface area contributed by atoms with Crippen molar-refractivity contribution in [1.82, 2.24) is 4.90 Å². The maximum atomic E-state index is 3.71. The predicted octanol–water partition coefficient (Wildman–Crippen LogP) is 3.34. The summed E-state index contributed by atoms with van der Waals surface area (Å²) in [6, 6.07) is 0. The van der Waals surface area contributed by atoms with Crippen LogP contribution < -0.4 is 0 Å². The maximum Gasteiger partial charge on any atom is 0.0164 e. The van der Waals surface area contributed by atoms with Gasteiger partial charge in [-0.05, 0) is 5.92 Å².